The molecule has 2 rings (SSSR count). The van der Waals surface area contributed by atoms with Crippen molar-refractivity contribution >= 4 is 28.7 Å². The fourth-order valence-electron chi connectivity index (χ4n) is 1.11. The van der Waals surface area contributed by atoms with Crippen LogP contribution in [0, 0.1) is 3.57 Å². The second kappa shape index (κ2) is 2.85. The van der Waals surface area contributed by atoms with Crippen LogP contribution in [0.2, 0.25) is 0 Å². The molecule has 1 aliphatic heterocycles. The van der Waals surface area contributed by atoms with E-state index in [0.717, 1.165) is 0 Å². The van der Waals surface area contributed by atoms with Gasteiger partial charge in [0.1, 0.15) is 6.61 Å². The first-order valence-corrected chi connectivity index (χ1v) is 4.51. The van der Waals surface area contributed by atoms with E-state index in [0.29, 0.717) is 6.61 Å². The number of ether oxygens (including phenoxy) is 1. The minimum Gasteiger partial charge on any atom is -0.496 e. The molecule has 0 spiro atoms. The van der Waals surface area contributed by atoms with Gasteiger partial charge in [0.15, 0.2) is 0 Å². The maximum absolute atomic E-state index is 5.15. The fraction of sp³-hybridized carbons (Fsp3) is 0.111. The van der Waals surface area contributed by atoms with Crippen LogP contribution in [0.3, 0.4) is 0 Å². The lowest BCUT2D eigenvalue weighted by Gasteiger charge is -2.10. The Bertz CT molecular complexity index is 304. The Hall–Kier alpha value is -0.510. The third kappa shape index (κ3) is 1.40. The van der Waals surface area contributed by atoms with E-state index in [1.54, 1.807) is 6.26 Å². The van der Waals surface area contributed by atoms with Crippen LogP contribution in [0.4, 0.5) is 0 Å². The number of fused-ring (bicyclic) bond motifs is 1. The van der Waals surface area contributed by atoms with E-state index in [9.17, 15) is 0 Å². The van der Waals surface area contributed by atoms with Gasteiger partial charge < -0.3 is 4.74 Å². The summed E-state index contributed by atoms with van der Waals surface area (Å²) in [4.78, 5) is 0. The predicted molar refractivity (Wildman–Crippen MR) is 53.0 cm³/mol. The van der Waals surface area contributed by atoms with Crippen molar-refractivity contribution in [3.8, 4) is 0 Å². The van der Waals surface area contributed by atoms with E-state index in [2.05, 4.69) is 40.8 Å². The standard InChI is InChI=1S/C9H7IO/c10-9-2-1-8-6-11-4-3-7(8)5-9/h1-5H,6H2. The first-order chi connectivity index (χ1) is 5.36. The van der Waals surface area contributed by atoms with E-state index in [4.69, 9.17) is 4.74 Å². The Kier molecular flexibility index (Phi) is 1.85. The zero-order valence-electron chi connectivity index (χ0n) is 5.88. The molecule has 0 saturated heterocycles. The average molecular weight is 258 g/mol. The Labute approximate surface area is 79.2 Å². The summed E-state index contributed by atoms with van der Waals surface area (Å²) in [5.41, 5.74) is 2.55. The van der Waals surface area contributed by atoms with Crippen molar-refractivity contribution in [1.29, 1.82) is 0 Å². The van der Waals surface area contributed by atoms with Crippen molar-refractivity contribution in [3.63, 3.8) is 0 Å². The van der Waals surface area contributed by atoms with Gasteiger partial charge in [0.2, 0.25) is 0 Å². The molecule has 0 aliphatic carbocycles. The molecular weight excluding hydrogens is 251 g/mol. The van der Waals surface area contributed by atoms with Crippen molar-refractivity contribution in [2.45, 2.75) is 6.61 Å². The lowest BCUT2D eigenvalue weighted by molar-refractivity contribution is 0.234. The summed E-state index contributed by atoms with van der Waals surface area (Å²) in [6.07, 6.45) is 3.75. The summed E-state index contributed by atoms with van der Waals surface area (Å²) in [7, 11) is 0. The molecule has 1 heterocycles. The molecule has 1 aromatic carbocycles. The topological polar surface area (TPSA) is 9.23 Å². The molecule has 56 valence electrons. The SMILES string of the molecule is Ic1ccc2c(c1)C=COC2. The first-order valence-electron chi connectivity index (χ1n) is 3.43. The van der Waals surface area contributed by atoms with Gasteiger partial charge in [-0.3, -0.25) is 0 Å². The Morgan fingerprint density at radius 1 is 1.36 bits per heavy atom. The summed E-state index contributed by atoms with van der Waals surface area (Å²) in [6, 6.07) is 6.37. The zero-order valence-corrected chi connectivity index (χ0v) is 8.04. The van der Waals surface area contributed by atoms with Gasteiger partial charge in [-0.05, 0) is 51.9 Å². The lowest BCUT2D eigenvalue weighted by atomic mass is 10.1. The van der Waals surface area contributed by atoms with E-state index in [1.165, 1.54) is 14.7 Å². The minimum atomic E-state index is 0.711. The van der Waals surface area contributed by atoms with Gasteiger partial charge in [0, 0.05) is 3.57 Å². The molecule has 0 aromatic heterocycles. The number of rotatable bonds is 0. The maximum Gasteiger partial charge on any atom is 0.113 e. The molecule has 0 amide bonds. The van der Waals surface area contributed by atoms with E-state index >= 15 is 0 Å². The van der Waals surface area contributed by atoms with Gasteiger partial charge in [0.25, 0.3) is 0 Å². The smallest absolute Gasteiger partial charge is 0.113 e. The number of hydrogen-bond acceptors (Lipinski definition) is 1. The Morgan fingerprint density at radius 2 is 2.27 bits per heavy atom. The van der Waals surface area contributed by atoms with Crippen LogP contribution in [-0.4, -0.2) is 0 Å². The van der Waals surface area contributed by atoms with Gasteiger partial charge in [0.05, 0.1) is 6.26 Å². The van der Waals surface area contributed by atoms with Gasteiger partial charge >= 0.3 is 0 Å². The Morgan fingerprint density at radius 3 is 3.18 bits per heavy atom. The summed E-state index contributed by atoms with van der Waals surface area (Å²) in [5, 5.41) is 0. The second-order valence-electron chi connectivity index (χ2n) is 2.46. The molecule has 0 radical (unpaired) electrons. The fourth-order valence-corrected chi connectivity index (χ4v) is 1.63. The normalized spacial score (nSPS) is 13.9. The highest BCUT2D eigenvalue weighted by molar-refractivity contribution is 14.1. The zero-order chi connectivity index (χ0) is 7.68. The molecule has 0 N–H and O–H groups in total. The van der Waals surface area contributed by atoms with Gasteiger partial charge in [-0.1, -0.05) is 6.07 Å². The van der Waals surface area contributed by atoms with Crippen molar-refractivity contribution in [3.05, 3.63) is 39.2 Å². The molecule has 1 aromatic rings. The summed E-state index contributed by atoms with van der Waals surface area (Å²) >= 11 is 2.31. The first kappa shape index (κ1) is 7.16. The van der Waals surface area contributed by atoms with Gasteiger partial charge in [-0.25, -0.2) is 0 Å². The number of hydrogen-bond donors (Lipinski definition) is 0. The van der Waals surface area contributed by atoms with E-state index in [-0.39, 0.29) is 0 Å². The highest BCUT2D eigenvalue weighted by Crippen LogP contribution is 2.19. The van der Waals surface area contributed by atoms with Crippen LogP contribution in [0.5, 0.6) is 0 Å². The summed E-state index contributed by atoms with van der Waals surface area (Å²) < 4.78 is 6.42. The largest absolute Gasteiger partial charge is 0.496 e. The van der Waals surface area contributed by atoms with Crippen molar-refractivity contribution < 1.29 is 4.74 Å². The lowest BCUT2D eigenvalue weighted by Crippen LogP contribution is -1.95. The van der Waals surface area contributed by atoms with Gasteiger partial charge in [-0.15, -0.1) is 0 Å². The van der Waals surface area contributed by atoms with E-state index in [1.807, 2.05) is 6.08 Å². The molecular formula is C9H7IO. The maximum atomic E-state index is 5.15. The molecule has 1 nitrogen and oxygen atoms in total. The van der Waals surface area contributed by atoms with Crippen LogP contribution in [0.15, 0.2) is 24.5 Å². The second-order valence-corrected chi connectivity index (χ2v) is 3.70. The quantitative estimate of drug-likeness (QED) is 0.650. The third-order valence-corrected chi connectivity index (χ3v) is 2.36. The van der Waals surface area contributed by atoms with Crippen LogP contribution in [0.1, 0.15) is 11.1 Å². The van der Waals surface area contributed by atoms with Crippen molar-refractivity contribution in [2.24, 2.45) is 0 Å². The molecule has 0 atom stereocenters. The van der Waals surface area contributed by atoms with Crippen LogP contribution in [-0.2, 0) is 11.3 Å². The van der Waals surface area contributed by atoms with Crippen LogP contribution < -0.4 is 0 Å². The van der Waals surface area contributed by atoms with Crippen molar-refractivity contribution in [1.82, 2.24) is 0 Å². The summed E-state index contributed by atoms with van der Waals surface area (Å²) in [5.74, 6) is 0. The molecule has 0 saturated carbocycles. The van der Waals surface area contributed by atoms with Gasteiger partial charge in [-0.2, -0.15) is 0 Å². The number of halogens is 1. The molecule has 2 heteroatoms. The highest BCUT2D eigenvalue weighted by atomic mass is 127. The molecule has 11 heavy (non-hydrogen) atoms. The predicted octanol–water partition coefficient (Wildman–Crippen LogP) is 2.79. The van der Waals surface area contributed by atoms with Crippen molar-refractivity contribution in [2.75, 3.05) is 0 Å². The van der Waals surface area contributed by atoms with E-state index < -0.39 is 0 Å². The number of benzene rings is 1. The van der Waals surface area contributed by atoms with Crippen LogP contribution >= 0.6 is 22.6 Å². The third-order valence-electron chi connectivity index (χ3n) is 1.69. The highest BCUT2D eigenvalue weighted by Gasteiger charge is 2.03. The monoisotopic (exact) mass is 258 g/mol. The Balaban J connectivity index is 2.54. The molecule has 0 fully saturated rings. The minimum absolute atomic E-state index is 0.711. The molecule has 0 bridgehead atoms. The van der Waals surface area contributed by atoms with Crippen LogP contribution in [0.25, 0.3) is 6.08 Å². The average Bonchev–Trinajstić information content (AvgIpc) is 2.04. The molecule has 0 unspecified atom stereocenters. The summed E-state index contributed by atoms with van der Waals surface area (Å²) in [6.45, 7) is 0.711. The molecule has 1 aliphatic rings.